The molecule has 5 nitrogen and oxygen atoms in total. The van der Waals surface area contributed by atoms with Crippen molar-refractivity contribution in [1.29, 1.82) is 0 Å². The lowest BCUT2D eigenvalue weighted by molar-refractivity contribution is 0.524. The molecule has 0 aliphatic heterocycles. The number of aryl methyl sites for hydroxylation is 1. The van der Waals surface area contributed by atoms with Crippen LogP contribution < -0.4 is 16.4 Å². The Morgan fingerprint density at radius 1 is 1.31 bits per heavy atom. The van der Waals surface area contributed by atoms with Crippen LogP contribution in [0.1, 0.15) is 26.1 Å². The van der Waals surface area contributed by atoms with Crippen molar-refractivity contribution >= 4 is 11.6 Å². The van der Waals surface area contributed by atoms with Gasteiger partial charge in [-0.1, -0.05) is 0 Å². The van der Waals surface area contributed by atoms with E-state index in [9.17, 15) is 0 Å². The van der Waals surface area contributed by atoms with Crippen molar-refractivity contribution in [2.45, 2.75) is 32.7 Å². The summed E-state index contributed by atoms with van der Waals surface area (Å²) in [4.78, 5) is 8.59. The van der Waals surface area contributed by atoms with Gasteiger partial charge in [0.2, 0.25) is 0 Å². The fourth-order valence-electron chi connectivity index (χ4n) is 1.53. The van der Waals surface area contributed by atoms with Gasteiger partial charge in [0.05, 0.1) is 0 Å². The number of nitrogens with two attached hydrogens (primary N) is 1. The summed E-state index contributed by atoms with van der Waals surface area (Å²) in [6, 6.07) is 1.89. The minimum atomic E-state index is -0.0550. The molecule has 0 radical (unpaired) electrons. The van der Waals surface area contributed by atoms with Crippen LogP contribution in [0.25, 0.3) is 0 Å². The van der Waals surface area contributed by atoms with Gasteiger partial charge in [0, 0.05) is 18.7 Å². The van der Waals surface area contributed by atoms with Gasteiger partial charge in [0.25, 0.3) is 0 Å². The maximum Gasteiger partial charge on any atom is 0.132 e. The Hall–Kier alpha value is -1.36. The van der Waals surface area contributed by atoms with Crippen LogP contribution in [0.3, 0.4) is 0 Å². The first kappa shape index (κ1) is 12.7. The molecule has 1 aromatic heterocycles. The van der Waals surface area contributed by atoms with E-state index in [2.05, 4.69) is 34.4 Å². The molecule has 5 heteroatoms. The van der Waals surface area contributed by atoms with E-state index in [1.165, 1.54) is 0 Å². The number of rotatable bonds is 5. The van der Waals surface area contributed by atoms with Gasteiger partial charge in [0.1, 0.15) is 17.5 Å². The minimum Gasteiger partial charge on any atom is -0.373 e. The predicted molar refractivity (Wildman–Crippen MR) is 67.7 cm³/mol. The lowest BCUT2D eigenvalue weighted by Gasteiger charge is -2.26. The third-order valence-corrected chi connectivity index (χ3v) is 2.33. The van der Waals surface area contributed by atoms with Crippen LogP contribution in [0.5, 0.6) is 0 Å². The van der Waals surface area contributed by atoms with E-state index in [1.807, 2.05) is 20.0 Å². The van der Waals surface area contributed by atoms with Crippen molar-refractivity contribution < 1.29 is 0 Å². The van der Waals surface area contributed by atoms with Gasteiger partial charge in [-0.2, -0.15) is 0 Å². The summed E-state index contributed by atoms with van der Waals surface area (Å²) < 4.78 is 0. The molecule has 0 saturated heterocycles. The van der Waals surface area contributed by atoms with Gasteiger partial charge < -0.3 is 16.4 Å². The van der Waals surface area contributed by atoms with E-state index < -0.39 is 0 Å². The monoisotopic (exact) mass is 223 g/mol. The standard InChI is InChI=1S/C11H21N5/c1-8-14-9(13-4)7-10(15-8)16-11(2,3)5-6-12/h7H,5-6,12H2,1-4H3,(H2,13,14,15,16). The lowest BCUT2D eigenvalue weighted by Crippen LogP contribution is -2.33. The van der Waals surface area contributed by atoms with Crippen LogP contribution in [-0.4, -0.2) is 29.1 Å². The SMILES string of the molecule is CNc1cc(NC(C)(C)CCN)nc(C)n1. The average Bonchev–Trinajstić information content (AvgIpc) is 2.15. The molecule has 0 atom stereocenters. The Labute approximate surface area is 96.9 Å². The topological polar surface area (TPSA) is 75.9 Å². The normalized spacial score (nSPS) is 11.3. The highest BCUT2D eigenvalue weighted by molar-refractivity contribution is 5.48. The summed E-state index contributed by atoms with van der Waals surface area (Å²) in [6.45, 7) is 6.75. The fraction of sp³-hybridized carbons (Fsp3) is 0.636. The Kier molecular flexibility index (Phi) is 4.06. The second kappa shape index (κ2) is 5.12. The van der Waals surface area contributed by atoms with Crippen molar-refractivity contribution in [3.8, 4) is 0 Å². The van der Waals surface area contributed by atoms with E-state index in [0.717, 1.165) is 23.9 Å². The second-order valence-electron chi connectivity index (χ2n) is 4.48. The van der Waals surface area contributed by atoms with Crippen LogP contribution in [0, 0.1) is 6.92 Å². The van der Waals surface area contributed by atoms with E-state index in [4.69, 9.17) is 5.73 Å². The van der Waals surface area contributed by atoms with Gasteiger partial charge in [-0.3, -0.25) is 0 Å². The molecule has 0 bridgehead atoms. The molecule has 0 unspecified atom stereocenters. The number of hydrogen-bond donors (Lipinski definition) is 3. The molecular weight excluding hydrogens is 202 g/mol. The van der Waals surface area contributed by atoms with Crippen LogP contribution in [0.4, 0.5) is 11.6 Å². The van der Waals surface area contributed by atoms with E-state index in [0.29, 0.717) is 6.54 Å². The Morgan fingerprint density at radius 3 is 2.50 bits per heavy atom. The van der Waals surface area contributed by atoms with Crippen molar-refractivity contribution in [3.63, 3.8) is 0 Å². The van der Waals surface area contributed by atoms with E-state index in [-0.39, 0.29) is 5.54 Å². The highest BCUT2D eigenvalue weighted by atomic mass is 15.1. The smallest absolute Gasteiger partial charge is 0.132 e. The fourth-order valence-corrected chi connectivity index (χ4v) is 1.53. The predicted octanol–water partition coefficient (Wildman–Crippen LogP) is 1.37. The molecule has 90 valence electrons. The number of hydrogen-bond acceptors (Lipinski definition) is 5. The molecule has 0 amide bonds. The van der Waals surface area contributed by atoms with Crippen molar-refractivity contribution in [2.24, 2.45) is 5.73 Å². The third kappa shape index (κ3) is 3.66. The number of aromatic nitrogens is 2. The quantitative estimate of drug-likeness (QED) is 0.703. The lowest BCUT2D eigenvalue weighted by atomic mass is 10.0. The summed E-state index contributed by atoms with van der Waals surface area (Å²) in [5.74, 6) is 2.40. The van der Waals surface area contributed by atoms with Crippen LogP contribution in [-0.2, 0) is 0 Å². The summed E-state index contributed by atoms with van der Waals surface area (Å²) in [5, 5.41) is 6.37. The maximum atomic E-state index is 5.57. The highest BCUT2D eigenvalue weighted by Gasteiger charge is 2.17. The number of nitrogens with zero attached hydrogens (tertiary/aromatic N) is 2. The van der Waals surface area contributed by atoms with Crippen LogP contribution in [0.15, 0.2) is 6.07 Å². The zero-order valence-electron chi connectivity index (χ0n) is 10.5. The van der Waals surface area contributed by atoms with Crippen LogP contribution >= 0.6 is 0 Å². The summed E-state index contributed by atoms with van der Waals surface area (Å²) in [7, 11) is 1.84. The van der Waals surface area contributed by atoms with Gasteiger partial charge in [0.15, 0.2) is 0 Å². The average molecular weight is 223 g/mol. The van der Waals surface area contributed by atoms with E-state index in [1.54, 1.807) is 0 Å². The molecule has 0 spiro atoms. The zero-order valence-corrected chi connectivity index (χ0v) is 10.5. The van der Waals surface area contributed by atoms with Gasteiger partial charge in [-0.25, -0.2) is 9.97 Å². The number of nitrogens with one attached hydrogen (secondary N) is 2. The van der Waals surface area contributed by atoms with Gasteiger partial charge in [-0.05, 0) is 33.7 Å². The first-order valence-electron chi connectivity index (χ1n) is 5.48. The molecular formula is C11H21N5. The van der Waals surface area contributed by atoms with E-state index >= 15 is 0 Å². The molecule has 0 aromatic carbocycles. The Balaban J connectivity index is 2.84. The highest BCUT2D eigenvalue weighted by Crippen LogP contribution is 2.18. The first-order valence-corrected chi connectivity index (χ1v) is 5.48. The van der Waals surface area contributed by atoms with Crippen molar-refractivity contribution in [3.05, 3.63) is 11.9 Å². The molecule has 16 heavy (non-hydrogen) atoms. The van der Waals surface area contributed by atoms with Gasteiger partial charge in [-0.15, -0.1) is 0 Å². The molecule has 0 saturated carbocycles. The van der Waals surface area contributed by atoms with Gasteiger partial charge >= 0.3 is 0 Å². The molecule has 0 aliphatic carbocycles. The van der Waals surface area contributed by atoms with Crippen LogP contribution in [0.2, 0.25) is 0 Å². The maximum absolute atomic E-state index is 5.57. The number of anilines is 2. The minimum absolute atomic E-state index is 0.0550. The molecule has 0 fully saturated rings. The summed E-state index contributed by atoms with van der Waals surface area (Å²) in [6.07, 6.45) is 0.894. The summed E-state index contributed by atoms with van der Waals surface area (Å²) in [5.41, 5.74) is 5.51. The molecule has 1 rings (SSSR count). The molecule has 4 N–H and O–H groups in total. The van der Waals surface area contributed by atoms with Crippen molar-refractivity contribution in [2.75, 3.05) is 24.2 Å². The molecule has 0 aliphatic rings. The zero-order chi connectivity index (χ0) is 12.2. The second-order valence-corrected chi connectivity index (χ2v) is 4.48. The van der Waals surface area contributed by atoms with Crippen molar-refractivity contribution in [1.82, 2.24) is 9.97 Å². The summed E-state index contributed by atoms with van der Waals surface area (Å²) >= 11 is 0. The Morgan fingerprint density at radius 2 is 1.94 bits per heavy atom. The Bertz CT molecular complexity index is 348. The third-order valence-electron chi connectivity index (χ3n) is 2.33. The first-order chi connectivity index (χ1) is 7.46. The largest absolute Gasteiger partial charge is 0.373 e. The molecule has 1 heterocycles. The molecule has 1 aromatic rings.